The van der Waals surface area contributed by atoms with Crippen LogP contribution in [0.1, 0.15) is 92.9 Å². The molecule has 0 bridgehead atoms. The second-order valence-electron chi connectivity index (χ2n) is 9.14. The van der Waals surface area contributed by atoms with Crippen LogP contribution in [0.2, 0.25) is 0 Å². The van der Waals surface area contributed by atoms with E-state index in [1.54, 1.807) is 0 Å². The van der Waals surface area contributed by atoms with Gasteiger partial charge in [-0.2, -0.15) is 5.10 Å². The number of nitrogens with zero attached hydrogens (tertiary/aromatic N) is 2. The van der Waals surface area contributed by atoms with Gasteiger partial charge in [-0.15, -0.1) is 0 Å². The third-order valence-corrected chi connectivity index (χ3v) is 6.45. The summed E-state index contributed by atoms with van der Waals surface area (Å²) < 4.78 is 2.32. The van der Waals surface area contributed by atoms with Crippen molar-refractivity contribution in [2.24, 2.45) is 5.92 Å². The number of nitrogens with one attached hydrogen (secondary N) is 1. The summed E-state index contributed by atoms with van der Waals surface area (Å²) in [6.45, 7) is 5.06. The summed E-state index contributed by atoms with van der Waals surface area (Å²) in [5.74, 6) is 0.656. The van der Waals surface area contributed by atoms with Gasteiger partial charge in [0.1, 0.15) is 0 Å². The zero-order valence-electron chi connectivity index (χ0n) is 17.4. The van der Waals surface area contributed by atoms with E-state index in [1.807, 2.05) is 0 Å². The summed E-state index contributed by atoms with van der Waals surface area (Å²) in [4.78, 5) is 0. The van der Waals surface area contributed by atoms with E-state index < -0.39 is 6.10 Å². The van der Waals surface area contributed by atoms with Crippen molar-refractivity contribution in [2.45, 2.75) is 83.4 Å². The molecule has 1 saturated carbocycles. The van der Waals surface area contributed by atoms with Crippen molar-refractivity contribution < 1.29 is 5.11 Å². The molecule has 2 aromatic rings. The third kappa shape index (κ3) is 4.33. The van der Waals surface area contributed by atoms with Crippen LogP contribution in [0.15, 0.2) is 30.5 Å². The first-order valence-corrected chi connectivity index (χ1v) is 11.2. The first-order valence-electron chi connectivity index (χ1n) is 11.2. The van der Waals surface area contributed by atoms with Crippen molar-refractivity contribution in [3.63, 3.8) is 0 Å². The van der Waals surface area contributed by atoms with Crippen molar-refractivity contribution in [1.82, 2.24) is 15.1 Å². The maximum Gasteiger partial charge on any atom is 0.0914 e. The average molecular weight is 382 g/mol. The lowest BCUT2D eigenvalue weighted by Crippen LogP contribution is -2.29. The fourth-order valence-corrected chi connectivity index (χ4v) is 4.97. The van der Waals surface area contributed by atoms with E-state index in [-0.39, 0.29) is 0 Å². The van der Waals surface area contributed by atoms with Gasteiger partial charge < -0.3 is 10.4 Å². The lowest BCUT2D eigenvalue weighted by atomic mass is 9.92. The number of aromatic nitrogens is 2. The molecule has 0 spiro atoms. The summed E-state index contributed by atoms with van der Waals surface area (Å²) in [5, 5.41) is 19.1. The van der Waals surface area contributed by atoms with Gasteiger partial charge in [-0.25, -0.2) is 0 Å². The molecule has 1 aromatic heterocycles. The Morgan fingerprint density at radius 3 is 2.57 bits per heavy atom. The summed E-state index contributed by atoms with van der Waals surface area (Å²) in [7, 11) is 0. The van der Waals surface area contributed by atoms with Gasteiger partial charge in [0.25, 0.3) is 0 Å². The van der Waals surface area contributed by atoms with Crippen LogP contribution in [0.4, 0.5) is 0 Å². The molecule has 0 radical (unpaired) electrons. The summed E-state index contributed by atoms with van der Waals surface area (Å²) in [6, 6.07) is 9.39. The minimum Gasteiger partial charge on any atom is -0.387 e. The first-order chi connectivity index (χ1) is 13.6. The molecular formula is C24H35N3O. The van der Waals surface area contributed by atoms with Gasteiger partial charge >= 0.3 is 0 Å². The van der Waals surface area contributed by atoms with E-state index in [0.29, 0.717) is 24.5 Å². The van der Waals surface area contributed by atoms with Crippen molar-refractivity contribution in [1.29, 1.82) is 0 Å². The molecule has 1 heterocycles. The highest BCUT2D eigenvalue weighted by atomic mass is 16.3. The Labute approximate surface area is 169 Å². The minimum absolute atomic E-state index is 0.314. The van der Waals surface area contributed by atoms with E-state index in [2.05, 4.69) is 54.3 Å². The Bertz CT molecular complexity index is 759. The normalized spacial score (nSPS) is 21.2. The Balaban J connectivity index is 1.38. The zero-order valence-corrected chi connectivity index (χ0v) is 17.4. The molecule has 0 saturated heterocycles. The Morgan fingerprint density at radius 1 is 1.11 bits per heavy atom. The number of benzene rings is 1. The number of hydrogen-bond donors (Lipinski definition) is 2. The molecule has 0 aliphatic heterocycles. The largest absolute Gasteiger partial charge is 0.387 e. The number of aliphatic hydroxyl groups excluding tert-OH is 1. The summed E-state index contributed by atoms with van der Waals surface area (Å²) in [6.07, 6.45) is 11.4. The molecular weight excluding hydrogens is 346 g/mol. The summed E-state index contributed by atoms with van der Waals surface area (Å²) in [5.41, 5.74) is 5.13. The lowest BCUT2D eigenvalue weighted by molar-refractivity contribution is 0.168. The van der Waals surface area contributed by atoms with Crippen LogP contribution in [-0.4, -0.2) is 21.4 Å². The quantitative estimate of drug-likeness (QED) is 0.717. The molecule has 28 heavy (non-hydrogen) atoms. The Hall–Kier alpha value is -1.65. The van der Waals surface area contributed by atoms with E-state index in [4.69, 9.17) is 5.10 Å². The molecule has 0 amide bonds. The van der Waals surface area contributed by atoms with Gasteiger partial charge in [0, 0.05) is 23.8 Å². The molecule has 2 N–H and O–H groups in total. The van der Waals surface area contributed by atoms with Gasteiger partial charge in [0.05, 0.1) is 18.3 Å². The predicted molar refractivity (Wildman–Crippen MR) is 113 cm³/mol. The molecule has 4 nitrogen and oxygen atoms in total. The minimum atomic E-state index is -0.469. The van der Waals surface area contributed by atoms with Gasteiger partial charge in [-0.05, 0) is 55.6 Å². The van der Waals surface area contributed by atoms with Crippen LogP contribution in [0, 0.1) is 5.92 Å². The SMILES string of the molecule is CC(C)Cc1ccc(C(O)CNC2CCCc3c2cnn3C2CCCC2)cc1. The highest BCUT2D eigenvalue weighted by Crippen LogP contribution is 2.36. The molecule has 2 aliphatic carbocycles. The molecule has 2 unspecified atom stereocenters. The second kappa shape index (κ2) is 8.79. The standard InChI is InChI=1S/C24H35N3O/c1-17(2)14-18-10-12-19(13-11-18)24(28)16-25-22-8-5-9-23-21(22)15-26-27(23)20-6-3-4-7-20/h10-13,15,17,20,22,24-25,28H,3-9,14,16H2,1-2H3. The van der Waals surface area contributed by atoms with Crippen LogP contribution in [-0.2, 0) is 12.8 Å². The summed E-state index contributed by atoms with van der Waals surface area (Å²) >= 11 is 0. The van der Waals surface area contributed by atoms with E-state index in [9.17, 15) is 5.11 Å². The molecule has 2 aliphatic rings. The zero-order chi connectivity index (χ0) is 19.5. The second-order valence-corrected chi connectivity index (χ2v) is 9.14. The number of hydrogen-bond acceptors (Lipinski definition) is 3. The van der Waals surface area contributed by atoms with Crippen molar-refractivity contribution in [3.05, 3.63) is 52.8 Å². The predicted octanol–water partition coefficient (Wildman–Crippen LogP) is 4.90. The molecule has 1 aromatic carbocycles. The van der Waals surface area contributed by atoms with Crippen LogP contribution >= 0.6 is 0 Å². The van der Waals surface area contributed by atoms with Crippen molar-refractivity contribution >= 4 is 0 Å². The fraction of sp³-hybridized carbons (Fsp3) is 0.625. The van der Waals surface area contributed by atoms with Gasteiger partial charge in [-0.3, -0.25) is 4.68 Å². The maximum atomic E-state index is 10.7. The highest BCUT2D eigenvalue weighted by molar-refractivity contribution is 5.27. The van der Waals surface area contributed by atoms with Crippen LogP contribution < -0.4 is 5.32 Å². The molecule has 1 fully saturated rings. The van der Waals surface area contributed by atoms with E-state index >= 15 is 0 Å². The number of aliphatic hydroxyl groups is 1. The molecule has 4 rings (SSSR count). The van der Waals surface area contributed by atoms with Crippen LogP contribution in [0.3, 0.4) is 0 Å². The van der Waals surface area contributed by atoms with E-state index in [1.165, 1.54) is 48.9 Å². The van der Waals surface area contributed by atoms with Gasteiger partial charge in [0.2, 0.25) is 0 Å². The smallest absolute Gasteiger partial charge is 0.0914 e. The lowest BCUT2D eigenvalue weighted by Gasteiger charge is -2.26. The van der Waals surface area contributed by atoms with Gasteiger partial charge in [-0.1, -0.05) is 51.0 Å². The average Bonchev–Trinajstić information content (AvgIpc) is 3.35. The monoisotopic (exact) mass is 381 g/mol. The number of rotatable bonds is 7. The van der Waals surface area contributed by atoms with Crippen LogP contribution in [0.25, 0.3) is 0 Å². The fourth-order valence-electron chi connectivity index (χ4n) is 4.97. The van der Waals surface area contributed by atoms with Crippen molar-refractivity contribution in [3.8, 4) is 0 Å². The molecule has 4 heteroatoms. The van der Waals surface area contributed by atoms with Gasteiger partial charge in [0.15, 0.2) is 0 Å². The highest BCUT2D eigenvalue weighted by Gasteiger charge is 2.28. The van der Waals surface area contributed by atoms with E-state index in [0.717, 1.165) is 24.8 Å². The third-order valence-electron chi connectivity index (χ3n) is 6.45. The van der Waals surface area contributed by atoms with Crippen LogP contribution in [0.5, 0.6) is 0 Å². The number of fused-ring (bicyclic) bond motifs is 1. The Morgan fingerprint density at radius 2 is 1.86 bits per heavy atom. The maximum absolute atomic E-state index is 10.7. The molecule has 2 atom stereocenters. The first kappa shape index (κ1) is 19.7. The Kier molecular flexibility index (Phi) is 6.17. The molecule has 152 valence electrons. The van der Waals surface area contributed by atoms with Crippen molar-refractivity contribution in [2.75, 3.05) is 6.54 Å². The topological polar surface area (TPSA) is 50.1 Å².